The van der Waals surface area contributed by atoms with Crippen LogP contribution in [0.1, 0.15) is 72.3 Å². The number of carboxylic acids is 2. The average Bonchev–Trinajstić information content (AvgIpc) is 3.13. The molecular weight excluding hydrogens is 719 g/mol. The second-order valence-corrected chi connectivity index (χ2v) is 12.7. The molecule has 2 heterocycles. The van der Waals surface area contributed by atoms with Crippen LogP contribution in [0.25, 0.3) is 11.1 Å². The number of hydrogen-bond acceptors (Lipinski definition) is 9. The number of alkyl halides is 3. The van der Waals surface area contributed by atoms with E-state index in [9.17, 15) is 32.7 Å². The number of benzene rings is 2. The minimum atomic E-state index is -4.77. The summed E-state index contributed by atoms with van der Waals surface area (Å²) in [6.07, 6.45) is -0.406. The van der Waals surface area contributed by atoms with Gasteiger partial charge in [0, 0.05) is 22.2 Å². The number of ether oxygens (including phenoxy) is 2. The summed E-state index contributed by atoms with van der Waals surface area (Å²) in [6.45, 7) is 2.71. The number of nitrogens with two attached hydrogens (primary N) is 1. The first-order chi connectivity index (χ1) is 25.2. The Balaban J connectivity index is 0.000000407. The first kappa shape index (κ1) is 40.8. The number of nitrogens with one attached hydrogen (secondary N) is 2. The number of likely N-dealkylation sites (N-methyl/N-ethyl adjacent to an activating group) is 1. The standard InChI is InChI=1S/C28H32ClF3N4O4.C9H9NO3/c1-2-34-23(26(37)38)12-16-5-7-17(8-6-16)22-14-24(36-27(33)35-22)40-25(28(30,31)32)20-10-9-19(29)13-21(20)18-4-3-11-39-15-18;11-8(12)6-10-9(13)7-4-2-1-3-5-7/h4,7,9-10,13-14,16,23,25,34H,2-3,5-6,8,11-12,15H2,1H3,(H,37,38)(H2,33,35,36);1-5H,6H2,(H,10,13)(H,11,12)/t16?,23-,25+;/m0./s1. The average molecular weight is 760 g/mol. The van der Waals surface area contributed by atoms with Crippen LogP contribution < -0.4 is 21.1 Å². The SMILES string of the molecule is CCN[C@@H](CC1CC=C(c2cc(O[C@H](c3ccc(Cl)cc3C3=CCCOC3)C(F)(F)F)nc(N)n2)CC1)C(=O)O.O=C(O)CNC(=O)c1ccccc1. The number of rotatable bonds is 13. The number of nitrogens with zero attached hydrogens (tertiary/aromatic N) is 2. The van der Waals surface area contributed by atoms with Crippen molar-refractivity contribution in [3.63, 3.8) is 0 Å². The third-order valence-corrected chi connectivity index (χ3v) is 8.65. The molecule has 16 heteroatoms. The molecule has 5 rings (SSSR count). The van der Waals surface area contributed by atoms with Crippen molar-refractivity contribution < 1.29 is 47.2 Å². The minimum absolute atomic E-state index is 0.110. The van der Waals surface area contributed by atoms with E-state index in [0.29, 0.717) is 72.7 Å². The smallest absolute Gasteiger partial charge is 0.429 e. The maximum atomic E-state index is 14.4. The van der Waals surface area contributed by atoms with E-state index >= 15 is 0 Å². The fourth-order valence-corrected chi connectivity index (χ4v) is 6.08. The molecule has 3 aromatic rings. The second-order valence-electron chi connectivity index (χ2n) is 12.3. The van der Waals surface area contributed by atoms with Crippen molar-refractivity contribution in [2.24, 2.45) is 5.92 Å². The Morgan fingerprint density at radius 2 is 1.83 bits per heavy atom. The van der Waals surface area contributed by atoms with E-state index in [1.807, 2.05) is 19.1 Å². The third-order valence-electron chi connectivity index (χ3n) is 8.41. The van der Waals surface area contributed by atoms with Crippen LogP contribution in [-0.4, -0.2) is 76.5 Å². The molecule has 12 nitrogen and oxygen atoms in total. The summed E-state index contributed by atoms with van der Waals surface area (Å²) in [4.78, 5) is 41.0. The van der Waals surface area contributed by atoms with Gasteiger partial charge in [-0.05, 0) is 85.5 Å². The normalized spacial score (nSPS) is 16.9. The molecule has 0 spiro atoms. The Bertz CT molecular complexity index is 1810. The first-order valence-corrected chi connectivity index (χ1v) is 17.3. The Morgan fingerprint density at radius 3 is 2.43 bits per heavy atom. The monoisotopic (exact) mass is 759 g/mol. The zero-order valence-corrected chi connectivity index (χ0v) is 29.6. The minimum Gasteiger partial charge on any atom is -0.480 e. The van der Waals surface area contributed by atoms with Gasteiger partial charge in [-0.2, -0.15) is 18.2 Å². The van der Waals surface area contributed by atoms with Gasteiger partial charge in [-0.25, -0.2) is 4.98 Å². The molecule has 1 aromatic heterocycles. The quantitative estimate of drug-likeness (QED) is 0.131. The Kier molecular flexibility index (Phi) is 14.8. The summed E-state index contributed by atoms with van der Waals surface area (Å²) in [5.41, 5.74) is 8.32. The summed E-state index contributed by atoms with van der Waals surface area (Å²) in [7, 11) is 0. The number of carbonyl (C=O) groups is 3. The number of carbonyl (C=O) groups excluding carboxylic acids is 1. The highest BCUT2D eigenvalue weighted by Gasteiger charge is 2.45. The highest BCUT2D eigenvalue weighted by atomic mass is 35.5. The highest BCUT2D eigenvalue weighted by molar-refractivity contribution is 6.30. The molecule has 284 valence electrons. The van der Waals surface area contributed by atoms with Crippen molar-refractivity contribution in [3.05, 3.63) is 94.2 Å². The predicted molar refractivity (Wildman–Crippen MR) is 192 cm³/mol. The summed E-state index contributed by atoms with van der Waals surface area (Å²) in [5, 5.41) is 23.2. The number of anilines is 1. The molecule has 2 aliphatic rings. The molecule has 53 heavy (non-hydrogen) atoms. The molecule has 0 saturated carbocycles. The van der Waals surface area contributed by atoms with Crippen LogP contribution in [0, 0.1) is 5.92 Å². The van der Waals surface area contributed by atoms with Crippen LogP contribution in [-0.2, 0) is 14.3 Å². The number of allylic oxidation sites excluding steroid dienone is 2. The van der Waals surface area contributed by atoms with Crippen molar-refractivity contribution in [2.75, 3.05) is 32.0 Å². The summed E-state index contributed by atoms with van der Waals surface area (Å²) in [6, 6.07) is 13.4. The summed E-state index contributed by atoms with van der Waals surface area (Å²) < 4.78 is 54.2. The molecule has 0 saturated heterocycles. The van der Waals surface area contributed by atoms with Gasteiger partial charge >= 0.3 is 18.1 Å². The maximum Gasteiger partial charge on any atom is 0.429 e. The Hall–Kier alpha value is -4.99. The van der Waals surface area contributed by atoms with Crippen molar-refractivity contribution >= 4 is 46.5 Å². The van der Waals surface area contributed by atoms with Gasteiger partial charge in [0.2, 0.25) is 17.9 Å². The number of aromatic nitrogens is 2. The van der Waals surface area contributed by atoms with Crippen molar-refractivity contribution in [3.8, 4) is 5.88 Å². The van der Waals surface area contributed by atoms with Gasteiger partial charge < -0.3 is 36.1 Å². The lowest BCUT2D eigenvalue weighted by Gasteiger charge is -2.26. The first-order valence-electron chi connectivity index (χ1n) is 16.9. The molecule has 0 radical (unpaired) electrons. The molecule has 1 unspecified atom stereocenters. The van der Waals surface area contributed by atoms with Crippen molar-refractivity contribution in [1.82, 2.24) is 20.6 Å². The number of nitrogen functional groups attached to an aromatic ring is 1. The van der Waals surface area contributed by atoms with Gasteiger partial charge in [-0.1, -0.05) is 54.9 Å². The van der Waals surface area contributed by atoms with Crippen LogP contribution in [0.2, 0.25) is 5.02 Å². The van der Waals surface area contributed by atoms with Gasteiger partial charge in [-0.15, -0.1) is 0 Å². The van der Waals surface area contributed by atoms with E-state index in [2.05, 4.69) is 20.6 Å². The summed E-state index contributed by atoms with van der Waals surface area (Å²) >= 11 is 6.15. The molecule has 3 atom stereocenters. The van der Waals surface area contributed by atoms with E-state index in [-0.39, 0.29) is 42.4 Å². The van der Waals surface area contributed by atoms with Crippen LogP contribution in [0.4, 0.5) is 19.1 Å². The molecule has 1 aliphatic carbocycles. The number of aliphatic carboxylic acids is 2. The second kappa shape index (κ2) is 19.2. The molecule has 6 N–H and O–H groups in total. The molecule has 1 amide bonds. The van der Waals surface area contributed by atoms with E-state index in [4.69, 9.17) is 31.9 Å². The van der Waals surface area contributed by atoms with Gasteiger partial charge in [0.05, 0.1) is 18.9 Å². The van der Waals surface area contributed by atoms with Crippen LogP contribution in [0.15, 0.2) is 66.7 Å². The lowest BCUT2D eigenvalue weighted by molar-refractivity contribution is -0.198. The van der Waals surface area contributed by atoms with E-state index in [1.165, 1.54) is 24.3 Å². The fourth-order valence-electron chi connectivity index (χ4n) is 5.91. The van der Waals surface area contributed by atoms with E-state index < -0.39 is 30.3 Å². The van der Waals surface area contributed by atoms with Gasteiger partial charge in [0.15, 0.2) is 0 Å². The predicted octanol–water partition coefficient (Wildman–Crippen LogP) is 6.34. The molecule has 0 fully saturated rings. The van der Waals surface area contributed by atoms with Crippen LogP contribution in [0.5, 0.6) is 5.88 Å². The molecule has 1 aliphatic heterocycles. The number of halogens is 4. The van der Waals surface area contributed by atoms with Gasteiger partial charge in [-0.3, -0.25) is 14.4 Å². The maximum absolute atomic E-state index is 14.4. The third kappa shape index (κ3) is 12.3. The lowest BCUT2D eigenvalue weighted by Crippen LogP contribution is -2.38. The van der Waals surface area contributed by atoms with E-state index in [0.717, 1.165) is 5.57 Å². The Labute approximate surface area is 309 Å². The fraction of sp³-hybridized carbons (Fsp3) is 0.378. The van der Waals surface area contributed by atoms with Crippen molar-refractivity contribution in [2.45, 2.75) is 57.3 Å². The largest absolute Gasteiger partial charge is 0.480 e. The van der Waals surface area contributed by atoms with Crippen molar-refractivity contribution in [1.29, 1.82) is 0 Å². The molecular formula is C37H41ClF3N5O7. The van der Waals surface area contributed by atoms with Gasteiger partial charge in [0.1, 0.15) is 12.6 Å². The molecule has 0 bridgehead atoms. The molecule has 2 aromatic carbocycles. The Morgan fingerprint density at radius 1 is 1.08 bits per heavy atom. The number of carboxylic acid groups (broad SMARTS) is 2. The number of hydrogen-bond donors (Lipinski definition) is 5. The van der Waals surface area contributed by atoms with E-state index in [1.54, 1.807) is 30.3 Å². The highest BCUT2D eigenvalue weighted by Crippen LogP contribution is 2.41. The zero-order chi connectivity index (χ0) is 38.5. The van der Waals surface area contributed by atoms with Gasteiger partial charge in [0.25, 0.3) is 5.91 Å². The van der Waals surface area contributed by atoms with Crippen LogP contribution >= 0.6 is 11.6 Å². The zero-order valence-electron chi connectivity index (χ0n) is 28.9. The topological polar surface area (TPSA) is 186 Å². The van der Waals surface area contributed by atoms with Crippen LogP contribution in [0.3, 0.4) is 0 Å². The lowest BCUT2D eigenvalue weighted by atomic mass is 9.84. The number of amides is 1. The summed E-state index contributed by atoms with van der Waals surface area (Å²) in [5.74, 6) is -2.69.